The Morgan fingerprint density at radius 1 is 0.931 bits per heavy atom. The van der Waals surface area contributed by atoms with Crippen LogP contribution in [0.5, 0.6) is 0 Å². The molecule has 0 aromatic carbocycles. The zero-order valence-electron chi connectivity index (χ0n) is 17.5. The summed E-state index contributed by atoms with van der Waals surface area (Å²) in [7, 11) is 0. The van der Waals surface area contributed by atoms with E-state index in [4.69, 9.17) is 35.9 Å². The van der Waals surface area contributed by atoms with Crippen LogP contribution in [0.15, 0.2) is 10.2 Å². The smallest absolute Gasteiger partial charge is 0.184 e. The van der Waals surface area contributed by atoms with Crippen LogP contribution in [-0.2, 0) is 0 Å². The van der Waals surface area contributed by atoms with Crippen molar-refractivity contribution in [1.82, 2.24) is 10.9 Å². The van der Waals surface area contributed by atoms with E-state index < -0.39 is 0 Å². The second kappa shape index (κ2) is 7.76. The number of nitrogens with one attached hydrogen (secondary N) is 2. The molecule has 0 aromatic rings. The third-order valence-electron chi connectivity index (χ3n) is 8.87. The molecular weight excluding hydrogens is 400 g/mol. The fourth-order valence-corrected chi connectivity index (χ4v) is 7.48. The van der Waals surface area contributed by atoms with Gasteiger partial charge in [0.1, 0.15) is 0 Å². The van der Waals surface area contributed by atoms with Gasteiger partial charge >= 0.3 is 0 Å². The molecule has 0 amide bonds. The number of nitrogens with two attached hydrogens (primary N) is 2. The molecule has 3 unspecified atom stereocenters. The van der Waals surface area contributed by atoms with Crippen molar-refractivity contribution in [2.75, 3.05) is 0 Å². The Hall–Kier alpha value is -1.28. The molecule has 6 nitrogen and oxygen atoms in total. The molecule has 29 heavy (non-hydrogen) atoms. The number of hydrogen-bond donors (Lipinski definition) is 4. The Morgan fingerprint density at radius 3 is 2.38 bits per heavy atom. The SMILES string of the molecule is C[C@]12CCC3C(CC[C@H]4CC(=NNC(N)=S)CC[C@]34C)C1CCC2=NNC(N)=S. The predicted octanol–water partition coefficient (Wildman–Crippen LogP) is 3.41. The lowest BCUT2D eigenvalue weighted by atomic mass is 9.45. The van der Waals surface area contributed by atoms with Gasteiger partial charge in [-0.2, -0.15) is 10.2 Å². The number of hydrogen-bond acceptors (Lipinski definition) is 4. The number of nitrogens with zero attached hydrogens (tertiary/aromatic N) is 2. The van der Waals surface area contributed by atoms with Gasteiger partial charge in [-0.1, -0.05) is 13.8 Å². The van der Waals surface area contributed by atoms with Crippen LogP contribution in [0.4, 0.5) is 0 Å². The molecule has 0 bridgehead atoms. The van der Waals surface area contributed by atoms with Crippen molar-refractivity contribution < 1.29 is 0 Å². The van der Waals surface area contributed by atoms with Gasteiger partial charge in [-0.15, -0.1) is 0 Å². The maximum absolute atomic E-state index is 5.61. The second-order valence-corrected chi connectivity index (χ2v) is 10.9. The monoisotopic (exact) mass is 434 g/mol. The van der Waals surface area contributed by atoms with E-state index >= 15 is 0 Å². The van der Waals surface area contributed by atoms with E-state index in [1.807, 2.05) is 0 Å². The highest BCUT2D eigenvalue weighted by Gasteiger charge is 2.59. The van der Waals surface area contributed by atoms with Gasteiger partial charge in [0, 0.05) is 16.8 Å². The molecule has 0 aliphatic heterocycles. The largest absolute Gasteiger partial charge is 0.375 e. The fraction of sp³-hybridized carbons (Fsp3) is 0.810. The number of fused-ring (bicyclic) bond motifs is 5. The topological polar surface area (TPSA) is 101 Å². The summed E-state index contributed by atoms with van der Waals surface area (Å²) in [5.41, 5.74) is 20.0. The molecule has 4 saturated carbocycles. The average molecular weight is 435 g/mol. The van der Waals surface area contributed by atoms with Gasteiger partial charge in [0.2, 0.25) is 0 Å². The minimum absolute atomic E-state index is 0.199. The van der Waals surface area contributed by atoms with Gasteiger partial charge < -0.3 is 11.5 Å². The van der Waals surface area contributed by atoms with Crippen LogP contribution < -0.4 is 22.3 Å². The van der Waals surface area contributed by atoms with Crippen LogP contribution in [-0.4, -0.2) is 21.6 Å². The summed E-state index contributed by atoms with van der Waals surface area (Å²) in [5.74, 6) is 3.07. The summed E-state index contributed by atoms with van der Waals surface area (Å²) in [6, 6.07) is 0. The lowest BCUT2D eigenvalue weighted by Crippen LogP contribution is -2.53. The van der Waals surface area contributed by atoms with E-state index in [1.165, 1.54) is 49.9 Å². The van der Waals surface area contributed by atoms with E-state index in [9.17, 15) is 0 Å². The van der Waals surface area contributed by atoms with Gasteiger partial charge in [0.25, 0.3) is 0 Å². The van der Waals surface area contributed by atoms with Crippen LogP contribution in [0.1, 0.15) is 71.6 Å². The quantitative estimate of drug-likeness (QED) is 0.392. The van der Waals surface area contributed by atoms with Crippen LogP contribution in [0.2, 0.25) is 0 Å². The van der Waals surface area contributed by atoms with Gasteiger partial charge in [0.05, 0.1) is 0 Å². The van der Waals surface area contributed by atoms with Crippen molar-refractivity contribution >= 4 is 46.1 Å². The molecule has 4 fully saturated rings. The summed E-state index contributed by atoms with van der Waals surface area (Å²) in [4.78, 5) is 0. The van der Waals surface area contributed by atoms with Crippen molar-refractivity contribution in [3.63, 3.8) is 0 Å². The first-order chi connectivity index (χ1) is 13.7. The molecule has 0 saturated heterocycles. The standard InChI is InChI=1S/C21H34N6S2/c1-20-9-7-13(24-26-18(22)28)11-12(20)3-4-14-15-5-6-17(25-27-19(23)29)21(15,2)10-8-16(14)20/h12,14-16H,3-11H2,1-2H3,(H3,22,26,28)(H3,23,27,29)/t12-,14?,15?,16?,20-,21-/m0/s1. The third kappa shape index (κ3) is 3.67. The highest BCUT2D eigenvalue weighted by molar-refractivity contribution is 7.80. The first-order valence-corrected chi connectivity index (χ1v) is 11.8. The summed E-state index contributed by atoms with van der Waals surface area (Å²) < 4.78 is 0. The predicted molar refractivity (Wildman–Crippen MR) is 126 cm³/mol. The molecule has 4 aliphatic rings. The molecule has 8 heteroatoms. The van der Waals surface area contributed by atoms with Crippen molar-refractivity contribution in [3.8, 4) is 0 Å². The molecule has 0 aromatic heterocycles. The van der Waals surface area contributed by atoms with Gasteiger partial charge in [0.15, 0.2) is 10.2 Å². The minimum atomic E-state index is 0.199. The Labute approximate surface area is 184 Å². The number of thiocarbonyl (C=S) groups is 2. The summed E-state index contributed by atoms with van der Waals surface area (Å²) in [5, 5.41) is 9.61. The van der Waals surface area contributed by atoms with Crippen molar-refractivity contribution in [2.24, 2.45) is 56.2 Å². The van der Waals surface area contributed by atoms with E-state index in [0.29, 0.717) is 5.41 Å². The Balaban J connectivity index is 1.51. The molecule has 6 N–H and O–H groups in total. The maximum Gasteiger partial charge on any atom is 0.184 e. The maximum atomic E-state index is 5.61. The highest BCUT2D eigenvalue weighted by atomic mass is 32.1. The summed E-state index contributed by atoms with van der Waals surface area (Å²) in [6.07, 6.45) is 10.8. The first-order valence-electron chi connectivity index (χ1n) is 11.0. The molecule has 0 heterocycles. The van der Waals surface area contributed by atoms with E-state index in [-0.39, 0.29) is 15.6 Å². The second-order valence-electron chi connectivity index (χ2n) is 10.0. The van der Waals surface area contributed by atoms with Crippen molar-refractivity contribution in [3.05, 3.63) is 0 Å². The molecule has 4 aliphatic carbocycles. The number of rotatable bonds is 2. The minimum Gasteiger partial charge on any atom is -0.375 e. The molecular formula is C21H34N6S2. The molecule has 160 valence electrons. The normalized spacial score (nSPS) is 43.9. The Bertz CT molecular complexity index is 764. The Kier molecular flexibility index (Phi) is 5.61. The van der Waals surface area contributed by atoms with Crippen LogP contribution in [0, 0.1) is 34.5 Å². The zero-order chi connectivity index (χ0) is 20.8. The molecule has 6 atom stereocenters. The third-order valence-corrected chi connectivity index (χ3v) is 9.05. The lowest BCUT2D eigenvalue weighted by Gasteiger charge is -2.59. The Morgan fingerprint density at radius 2 is 1.66 bits per heavy atom. The van der Waals surface area contributed by atoms with E-state index in [1.54, 1.807) is 0 Å². The van der Waals surface area contributed by atoms with Crippen LogP contribution in [0.25, 0.3) is 0 Å². The summed E-state index contributed by atoms with van der Waals surface area (Å²) in [6.45, 7) is 5.00. The van der Waals surface area contributed by atoms with Gasteiger partial charge in [-0.3, -0.25) is 10.9 Å². The fourth-order valence-electron chi connectivity index (χ4n) is 7.39. The first kappa shape index (κ1) is 21.0. The van der Waals surface area contributed by atoms with Crippen molar-refractivity contribution in [2.45, 2.75) is 71.6 Å². The van der Waals surface area contributed by atoms with Gasteiger partial charge in [-0.05, 0) is 111 Å². The van der Waals surface area contributed by atoms with Gasteiger partial charge in [-0.25, -0.2) is 0 Å². The lowest BCUT2D eigenvalue weighted by molar-refractivity contribution is -0.0815. The zero-order valence-corrected chi connectivity index (χ0v) is 19.2. The molecule has 0 spiro atoms. The van der Waals surface area contributed by atoms with Crippen LogP contribution in [0.3, 0.4) is 0 Å². The average Bonchev–Trinajstić information content (AvgIpc) is 3.01. The molecule has 0 radical (unpaired) electrons. The van der Waals surface area contributed by atoms with E-state index in [2.05, 4.69) is 34.9 Å². The molecule has 4 rings (SSSR count). The highest BCUT2D eigenvalue weighted by Crippen LogP contribution is 2.65. The number of hydrazone groups is 2. The van der Waals surface area contributed by atoms with Crippen LogP contribution >= 0.6 is 24.4 Å². The van der Waals surface area contributed by atoms with Crippen molar-refractivity contribution in [1.29, 1.82) is 0 Å². The van der Waals surface area contributed by atoms with E-state index in [0.717, 1.165) is 42.9 Å². The summed E-state index contributed by atoms with van der Waals surface area (Å²) >= 11 is 9.86.